The molecule has 0 fully saturated rings. The number of furan rings is 1. The summed E-state index contributed by atoms with van der Waals surface area (Å²) in [6.45, 7) is 4.50. The van der Waals surface area contributed by atoms with Gasteiger partial charge in [-0.25, -0.2) is 0 Å². The summed E-state index contributed by atoms with van der Waals surface area (Å²) in [7, 11) is 0. The van der Waals surface area contributed by atoms with Gasteiger partial charge in [-0.2, -0.15) is 0 Å². The molecule has 0 atom stereocenters. The molecule has 0 saturated heterocycles. The minimum atomic E-state index is -0.426. The minimum absolute atomic E-state index is 0.0786. The number of rotatable bonds is 5. The van der Waals surface area contributed by atoms with Crippen LogP contribution < -0.4 is 16.4 Å². The van der Waals surface area contributed by atoms with Crippen LogP contribution in [0.3, 0.4) is 0 Å². The van der Waals surface area contributed by atoms with Crippen molar-refractivity contribution in [2.45, 2.75) is 13.8 Å². The number of hydrogen-bond acceptors (Lipinski definition) is 4. The maximum Gasteiger partial charge on any atom is 0.287 e. The second kappa shape index (κ2) is 6.30. The molecule has 2 amide bonds. The monoisotopic (exact) mass is 289 g/mol. The highest BCUT2D eigenvalue weighted by Gasteiger charge is 2.13. The Hall–Kier alpha value is -2.50. The third-order valence-corrected chi connectivity index (χ3v) is 2.88. The van der Waals surface area contributed by atoms with Gasteiger partial charge in [-0.1, -0.05) is 13.8 Å². The van der Waals surface area contributed by atoms with E-state index in [1.54, 1.807) is 24.3 Å². The molecule has 2 aromatic rings. The molecule has 1 aromatic carbocycles. The maximum atomic E-state index is 11.9. The molecular formula is C15H19N3O3. The smallest absolute Gasteiger partial charge is 0.287 e. The topological polar surface area (TPSA) is 97.4 Å². The van der Waals surface area contributed by atoms with Gasteiger partial charge in [-0.3, -0.25) is 9.59 Å². The van der Waals surface area contributed by atoms with Crippen molar-refractivity contribution in [1.29, 1.82) is 0 Å². The summed E-state index contributed by atoms with van der Waals surface area (Å²) in [5.74, 6) is -0.125. The first-order valence-electron chi connectivity index (χ1n) is 6.79. The number of fused-ring (bicyclic) bond motifs is 1. The van der Waals surface area contributed by atoms with Crippen molar-refractivity contribution in [3.63, 3.8) is 0 Å². The van der Waals surface area contributed by atoms with Crippen LogP contribution in [-0.2, 0) is 4.79 Å². The van der Waals surface area contributed by atoms with Crippen LogP contribution in [0, 0.1) is 5.92 Å². The molecule has 0 aliphatic rings. The molecule has 21 heavy (non-hydrogen) atoms. The lowest BCUT2D eigenvalue weighted by Gasteiger charge is -2.07. The van der Waals surface area contributed by atoms with Crippen molar-refractivity contribution >= 4 is 28.5 Å². The number of nitrogens with one attached hydrogen (secondary N) is 2. The highest BCUT2D eigenvalue weighted by Crippen LogP contribution is 2.21. The highest BCUT2D eigenvalue weighted by molar-refractivity contribution is 5.98. The Labute approximate surface area is 122 Å². The van der Waals surface area contributed by atoms with Crippen molar-refractivity contribution in [2.24, 2.45) is 5.92 Å². The zero-order valence-electron chi connectivity index (χ0n) is 12.1. The molecular weight excluding hydrogens is 270 g/mol. The van der Waals surface area contributed by atoms with Crippen LogP contribution >= 0.6 is 0 Å². The number of amides is 2. The van der Waals surface area contributed by atoms with Crippen LogP contribution in [0.1, 0.15) is 24.4 Å². The van der Waals surface area contributed by atoms with E-state index in [0.29, 0.717) is 23.7 Å². The minimum Gasteiger partial charge on any atom is -0.451 e. The van der Waals surface area contributed by atoms with Gasteiger partial charge >= 0.3 is 0 Å². The van der Waals surface area contributed by atoms with Crippen LogP contribution in [-0.4, -0.2) is 24.9 Å². The molecule has 6 nitrogen and oxygen atoms in total. The molecule has 0 unspecified atom stereocenters. The second-order valence-electron chi connectivity index (χ2n) is 5.29. The predicted molar refractivity (Wildman–Crippen MR) is 80.8 cm³/mol. The van der Waals surface area contributed by atoms with Gasteiger partial charge in [0.25, 0.3) is 5.91 Å². The molecule has 4 N–H and O–H groups in total. The van der Waals surface area contributed by atoms with E-state index in [1.807, 2.05) is 13.8 Å². The Balaban J connectivity index is 1.94. The van der Waals surface area contributed by atoms with E-state index in [4.69, 9.17) is 10.2 Å². The van der Waals surface area contributed by atoms with Crippen LogP contribution in [0.25, 0.3) is 11.0 Å². The summed E-state index contributed by atoms with van der Waals surface area (Å²) >= 11 is 0. The number of benzene rings is 1. The maximum absolute atomic E-state index is 11.9. The first-order chi connectivity index (χ1) is 9.95. The normalized spacial score (nSPS) is 10.8. The number of nitrogen functional groups attached to an aromatic ring is 1. The van der Waals surface area contributed by atoms with Gasteiger partial charge in [0.05, 0.1) is 6.54 Å². The Kier molecular flexibility index (Phi) is 4.47. The van der Waals surface area contributed by atoms with Crippen LogP contribution in [0.4, 0.5) is 5.69 Å². The van der Waals surface area contributed by atoms with Gasteiger partial charge in [-0.15, -0.1) is 0 Å². The first kappa shape index (κ1) is 14.9. The standard InChI is InChI=1S/C15H19N3O3/c1-9(2)7-17-14(19)8-18-15(20)13-6-10-5-11(16)3-4-12(10)21-13/h3-6,9H,7-8,16H2,1-2H3,(H,17,19)(H,18,20). The Morgan fingerprint density at radius 1 is 1.24 bits per heavy atom. The quantitative estimate of drug-likeness (QED) is 0.727. The molecule has 0 radical (unpaired) electrons. The molecule has 1 heterocycles. The highest BCUT2D eigenvalue weighted by atomic mass is 16.3. The Bertz CT molecular complexity index is 661. The van der Waals surface area contributed by atoms with E-state index in [-0.39, 0.29) is 18.2 Å². The summed E-state index contributed by atoms with van der Waals surface area (Å²) in [5, 5.41) is 6.00. The van der Waals surface area contributed by atoms with Gasteiger partial charge in [0.15, 0.2) is 5.76 Å². The number of nitrogens with two attached hydrogens (primary N) is 1. The number of carbonyl (C=O) groups is 2. The summed E-state index contributed by atoms with van der Waals surface area (Å²) in [4.78, 5) is 23.5. The summed E-state index contributed by atoms with van der Waals surface area (Å²) in [6, 6.07) is 6.74. The molecule has 0 aliphatic carbocycles. The fourth-order valence-electron chi connectivity index (χ4n) is 1.80. The van der Waals surface area contributed by atoms with E-state index in [0.717, 1.165) is 5.39 Å². The molecule has 6 heteroatoms. The Morgan fingerprint density at radius 3 is 2.71 bits per heavy atom. The number of carbonyl (C=O) groups excluding carboxylic acids is 2. The second-order valence-corrected chi connectivity index (χ2v) is 5.29. The Morgan fingerprint density at radius 2 is 2.00 bits per heavy atom. The third kappa shape index (κ3) is 3.98. The van der Waals surface area contributed by atoms with E-state index in [1.165, 1.54) is 0 Å². The van der Waals surface area contributed by atoms with Gasteiger partial charge in [0.1, 0.15) is 5.58 Å². The van der Waals surface area contributed by atoms with Crippen LogP contribution in [0.2, 0.25) is 0 Å². The zero-order chi connectivity index (χ0) is 15.4. The van der Waals surface area contributed by atoms with E-state index in [2.05, 4.69) is 10.6 Å². The number of anilines is 1. The van der Waals surface area contributed by atoms with E-state index >= 15 is 0 Å². The van der Waals surface area contributed by atoms with Gasteiger partial charge in [-0.05, 0) is 30.2 Å². The lowest BCUT2D eigenvalue weighted by molar-refractivity contribution is -0.120. The lowest BCUT2D eigenvalue weighted by Crippen LogP contribution is -2.38. The average Bonchev–Trinajstić information content (AvgIpc) is 2.85. The fourth-order valence-corrected chi connectivity index (χ4v) is 1.80. The molecule has 112 valence electrons. The van der Waals surface area contributed by atoms with Gasteiger partial charge < -0.3 is 20.8 Å². The average molecular weight is 289 g/mol. The summed E-state index contributed by atoms with van der Waals surface area (Å²) in [6.07, 6.45) is 0. The van der Waals surface area contributed by atoms with Crippen molar-refractivity contribution in [1.82, 2.24) is 10.6 Å². The first-order valence-corrected chi connectivity index (χ1v) is 6.79. The third-order valence-electron chi connectivity index (χ3n) is 2.88. The predicted octanol–water partition coefficient (Wildman–Crippen LogP) is 1.52. The van der Waals surface area contributed by atoms with E-state index < -0.39 is 5.91 Å². The van der Waals surface area contributed by atoms with Crippen LogP contribution in [0.5, 0.6) is 0 Å². The largest absolute Gasteiger partial charge is 0.451 e. The van der Waals surface area contributed by atoms with Crippen molar-refractivity contribution < 1.29 is 14.0 Å². The van der Waals surface area contributed by atoms with Crippen LogP contribution in [0.15, 0.2) is 28.7 Å². The van der Waals surface area contributed by atoms with Crippen molar-refractivity contribution in [2.75, 3.05) is 18.8 Å². The lowest BCUT2D eigenvalue weighted by atomic mass is 10.2. The van der Waals surface area contributed by atoms with Gasteiger partial charge in [0.2, 0.25) is 5.91 Å². The van der Waals surface area contributed by atoms with E-state index in [9.17, 15) is 9.59 Å². The number of hydrogen-bond donors (Lipinski definition) is 3. The van der Waals surface area contributed by atoms with Gasteiger partial charge in [0, 0.05) is 17.6 Å². The van der Waals surface area contributed by atoms with Crippen molar-refractivity contribution in [3.8, 4) is 0 Å². The molecule has 1 aromatic heterocycles. The SMILES string of the molecule is CC(C)CNC(=O)CNC(=O)c1cc2cc(N)ccc2o1. The molecule has 2 rings (SSSR count). The summed E-state index contributed by atoms with van der Waals surface area (Å²) in [5.41, 5.74) is 6.85. The summed E-state index contributed by atoms with van der Waals surface area (Å²) < 4.78 is 5.42. The zero-order valence-corrected chi connectivity index (χ0v) is 12.1. The van der Waals surface area contributed by atoms with Crippen molar-refractivity contribution in [3.05, 3.63) is 30.0 Å². The molecule has 0 aliphatic heterocycles. The molecule has 0 saturated carbocycles. The molecule has 0 spiro atoms. The fraction of sp³-hybridized carbons (Fsp3) is 0.333. The molecule has 0 bridgehead atoms.